The van der Waals surface area contributed by atoms with Gasteiger partial charge in [-0.15, -0.1) is 0 Å². The molecule has 0 aliphatic rings. The first-order valence-corrected chi connectivity index (χ1v) is 8.38. The summed E-state index contributed by atoms with van der Waals surface area (Å²) >= 11 is 0. The topological polar surface area (TPSA) is 119 Å². The number of nitrogens with one attached hydrogen (secondary N) is 1. The lowest BCUT2D eigenvalue weighted by molar-refractivity contribution is -0.384. The van der Waals surface area contributed by atoms with Crippen molar-refractivity contribution in [2.75, 3.05) is 19.5 Å². The summed E-state index contributed by atoms with van der Waals surface area (Å²) in [5, 5.41) is 13.3. The Hall–Kier alpha value is -2.82. The van der Waals surface area contributed by atoms with Gasteiger partial charge >= 0.3 is 0 Å². The van der Waals surface area contributed by atoms with E-state index < -0.39 is 20.9 Å². The number of nitro benzene ring substituents is 1. The van der Waals surface area contributed by atoms with Crippen LogP contribution in [0.15, 0.2) is 53.4 Å². The molecule has 0 saturated carbocycles. The maximum absolute atomic E-state index is 12.2. The Labute approximate surface area is 144 Å². The minimum absolute atomic E-state index is 0.0382. The second kappa shape index (κ2) is 7.38. The lowest BCUT2D eigenvalue weighted by Crippen LogP contribution is -2.25. The Kier molecular flexibility index (Phi) is 5.47. The molecule has 0 bridgehead atoms. The third-order valence-corrected chi connectivity index (χ3v) is 5.02. The second-order valence-electron chi connectivity index (χ2n) is 4.88. The molecule has 25 heavy (non-hydrogen) atoms. The van der Waals surface area contributed by atoms with Crippen molar-refractivity contribution in [1.29, 1.82) is 0 Å². The highest BCUT2D eigenvalue weighted by atomic mass is 32.2. The van der Waals surface area contributed by atoms with Gasteiger partial charge in [-0.05, 0) is 30.3 Å². The Bertz CT molecular complexity index is 896. The molecule has 0 saturated heterocycles. The normalized spacial score (nSPS) is 11.3. The molecule has 2 rings (SSSR count). The fourth-order valence-corrected chi connectivity index (χ4v) is 2.90. The van der Waals surface area contributed by atoms with Gasteiger partial charge in [-0.1, -0.05) is 10.5 Å². The lowest BCUT2D eigenvalue weighted by atomic mass is 10.2. The minimum atomic E-state index is -3.80. The number of rotatable bonds is 6. The Morgan fingerprint density at radius 3 is 2.40 bits per heavy atom. The average molecular weight is 365 g/mol. The summed E-state index contributed by atoms with van der Waals surface area (Å²) in [6.07, 6.45) is 0. The molecule has 0 fully saturated rings. The number of hydrogen-bond donors (Lipinski definition) is 1. The Morgan fingerprint density at radius 2 is 1.84 bits per heavy atom. The number of amides is 1. The summed E-state index contributed by atoms with van der Waals surface area (Å²) in [4.78, 5) is 27.0. The summed E-state index contributed by atoms with van der Waals surface area (Å²) < 4.78 is 24.8. The summed E-state index contributed by atoms with van der Waals surface area (Å²) in [6, 6.07) is 10.7. The molecule has 1 amide bonds. The molecule has 0 unspecified atom stereocenters. The van der Waals surface area contributed by atoms with Crippen LogP contribution in [0.2, 0.25) is 0 Å². The molecule has 0 aromatic heterocycles. The molecule has 132 valence electrons. The predicted molar refractivity (Wildman–Crippen MR) is 89.4 cm³/mol. The first kappa shape index (κ1) is 18.5. The van der Waals surface area contributed by atoms with Gasteiger partial charge in [-0.25, -0.2) is 8.42 Å². The highest BCUT2D eigenvalue weighted by Crippen LogP contribution is 2.19. The van der Waals surface area contributed by atoms with Gasteiger partial charge in [0.2, 0.25) is 0 Å². The Balaban J connectivity index is 2.19. The van der Waals surface area contributed by atoms with Crippen molar-refractivity contribution in [2.24, 2.45) is 0 Å². The van der Waals surface area contributed by atoms with Crippen molar-refractivity contribution in [3.63, 3.8) is 0 Å². The van der Waals surface area contributed by atoms with E-state index in [2.05, 4.69) is 10.2 Å². The van der Waals surface area contributed by atoms with Crippen LogP contribution in [-0.2, 0) is 14.9 Å². The van der Waals surface area contributed by atoms with Crippen molar-refractivity contribution < 1.29 is 23.0 Å². The third-order valence-electron chi connectivity index (χ3n) is 3.32. The quantitative estimate of drug-likeness (QED) is 0.618. The molecule has 0 atom stereocenters. The molecule has 0 heterocycles. The van der Waals surface area contributed by atoms with Gasteiger partial charge in [0.15, 0.2) is 0 Å². The van der Waals surface area contributed by atoms with Crippen LogP contribution in [-0.4, -0.2) is 37.9 Å². The van der Waals surface area contributed by atoms with E-state index in [0.717, 1.165) is 0 Å². The fraction of sp³-hybridized carbons (Fsp3) is 0.133. The van der Waals surface area contributed by atoms with E-state index in [1.807, 2.05) is 0 Å². The van der Waals surface area contributed by atoms with E-state index in [0.29, 0.717) is 4.47 Å². The highest BCUT2D eigenvalue weighted by Gasteiger charge is 2.21. The number of sulfonamides is 1. The number of benzene rings is 2. The summed E-state index contributed by atoms with van der Waals surface area (Å²) in [7, 11) is -1.33. The Morgan fingerprint density at radius 1 is 1.20 bits per heavy atom. The number of anilines is 1. The first-order chi connectivity index (χ1) is 11.8. The van der Waals surface area contributed by atoms with Gasteiger partial charge in [0.25, 0.3) is 21.6 Å². The summed E-state index contributed by atoms with van der Waals surface area (Å²) in [5.74, 6) is -0.524. The number of carbonyl (C=O) groups is 1. The van der Waals surface area contributed by atoms with Crippen LogP contribution < -0.4 is 5.32 Å². The number of nitro groups is 1. The van der Waals surface area contributed by atoms with Gasteiger partial charge in [0, 0.05) is 30.4 Å². The number of hydrogen-bond acceptors (Lipinski definition) is 6. The van der Waals surface area contributed by atoms with Crippen molar-refractivity contribution >= 4 is 27.3 Å². The summed E-state index contributed by atoms with van der Waals surface area (Å²) in [5.41, 5.74) is 0.308. The monoisotopic (exact) mass is 365 g/mol. The lowest BCUT2D eigenvalue weighted by Gasteiger charge is -2.14. The first-order valence-electron chi connectivity index (χ1n) is 6.94. The minimum Gasteiger partial charge on any atom is -0.322 e. The number of nitrogens with zero attached hydrogens (tertiary/aromatic N) is 2. The molecule has 9 nitrogen and oxygen atoms in total. The van der Waals surface area contributed by atoms with Gasteiger partial charge < -0.3 is 5.32 Å². The number of hydroxylamine groups is 1. The van der Waals surface area contributed by atoms with Crippen molar-refractivity contribution in [2.45, 2.75) is 4.90 Å². The van der Waals surface area contributed by atoms with Crippen LogP contribution >= 0.6 is 0 Å². The molecule has 1 N–H and O–H groups in total. The van der Waals surface area contributed by atoms with Crippen molar-refractivity contribution in [1.82, 2.24) is 4.47 Å². The van der Waals surface area contributed by atoms with E-state index >= 15 is 0 Å². The molecule has 0 radical (unpaired) electrons. The molecule has 2 aromatic rings. The summed E-state index contributed by atoms with van der Waals surface area (Å²) in [6.45, 7) is 0. The zero-order chi connectivity index (χ0) is 18.6. The van der Waals surface area contributed by atoms with Gasteiger partial charge in [-0.3, -0.25) is 19.7 Å². The molecule has 0 aliphatic carbocycles. The van der Waals surface area contributed by atoms with E-state index in [4.69, 9.17) is 0 Å². The third kappa shape index (κ3) is 4.18. The van der Waals surface area contributed by atoms with Crippen molar-refractivity contribution in [3.8, 4) is 0 Å². The highest BCUT2D eigenvalue weighted by molar-refractivity contribution is 7.89. The van der Waals surface area contributed by atoms with E-state index in [9.17, 15) is 23.3 Å². The van der Waals surface area contributed by atoms with Gasteiger partial charge in [0.1, 0.15) is 0 Å². The standard InChI is InChI=1S/C15H15N3O6S/c1-17(24-2)25(22,23)14-8-6-11(7-9-14)15(19)16-12-4-3-5-13(10-12)18(20)21/h3-10H,1-2H3,(H,16,19). The van der Waals surface area contributed by atoms with Crippen LogP contribution in [0.25, 0.3) is 0 Å². The van der Waals surface area contributed by atoms with E-state index in [1.165, 1.54) is 62.7 Å². The zero-order valence-corrected chi connectivity index (χ0v) is 14.2. The molecule has 0 spiro atoms. The molecular formula is C15H15N3O6S. The maximum Gasteiger partial charge on any atom is 0.271 e. The van der Waals surface area contributed by atoms with Crippen LogP contribution in [0, 0.1) is 10.1 Å². The molecular weight excluding hydrogens is 350 g/mol. The second-order valence-corrected chi connectivity index (χ2v) is 6.82. The van der Waals surface area contributed by atoms with Crippen LogP contribution in [0.5, 0.6) is 0 Å². The van der Waals surface area contributed by atoms with E-state index in [1.54, 1.807) is 0 Å². The fourth-order valence-electron chi connectivity index (χ4n) is 1.93. The van der Waals surface area contributed by atoms with Crippen molar-refractivity contribution in [3.05, 3.63) is 64.2 Å². The van der Waals surface area contributed by atoms with Crippen LogP contribution in [0.1, 0.15) is 10.4 Å². The maximum atomic E-state index is 12.2. The average Bonchev–Trinajstić information content (AvgIpc) is 2.61. The predicted octanol–water partition coefficient (Wildman–Crippen LogP) is 2.03. The smallest absolute Gasteiger partial charge is 0.271 e. The van der Waals surface area contributed by atoms with Crippen LogP contribution in [0.3, 0.4) is 0 Å². The largest absolute Gasteiger partial charge is 0.322 e. The molecule has 0 aliphatic heterocycles. The van der Waals surface area contributed by atoms with Crippen LogP contribution in [0.4, 0.5) is 11.4 Å². The zero-order valence-electron chi connectivity index (χ0n) is 13.4. The number of non-ortho nitro benzene ring substituents is 1. The van der Waals surface area contributed by atoms with Gasteiger partial charge in [-0.2, -0.15) is 0 Å². The van der Waals surface area contributed by atoms with Gasteiger partial charge in [0.05, 0.1) is 16.9 Å². The molecule has 10 heteroatoms. The van der Waals surface area contributed by atoms with E-state index in [-0.39, 0.29) is 21.8 Å². The SMILES string of the molecule is CON(C)S(=O)(=O)c1ccc(C(=O)Nc2cccc([N+](=O)[O-])c2)cc1. The molecule has 2 aromatic carbocycles. The number of carbonyl (C=O) groups excluding carboxylic acids is 1.